The molecule has 0 saturated carbocycles. The number of terminal acetylenes is 1. The van der Waals surface area contributed by atoms with Gasteiger partial charge in [0, 0.05) is 11.1 Å². The fourth-order valence-electron chi connectivity index (χ4n) is 2.46. The third-order valence-corrected chi connectivity index (χ3v) is 3.76. The normalized spacial score (nSPS) is 23.8. The summed E-state index contributed by atoms with van der Waals surface area (Å²) in [6.45, 7) is 12.9. The number of aliphatic imine (C=N–C) groups is 1. The summed E-state index contributed by atoms with van der Waals surface area (Å²) in [5.74, 6) is 2.58. The summed E-state index contributed by atoms with van der Waals surface area (Å²) in [6.07, 6.45) is 14.8. The smallest absolute Gasteiger partial charge is 0.0994 e. The Bertz CT molecular complexity index is 520. The van der Waals surface area contributed by atoms with E-state index in [2.05, 4.69) is 62.6 Å². The van der Waals surface area contributed by atoms with E-state index >= 15 is 0 Å². The summed E-state index contributed by atoms with van der Waals surface area (Å²) >= 11 is 0. The Kier molecular flexibility index (Phi) is 5.12. The van der Waals surface area contributed by atoms with Crippen LogP contribution in [0.25, 0.3) is 0 Å². The molecule has 1 atom stereocenters. The molecule has 1 unspecified atom stereocenters. The maximum Gasteiger partial charge on any atom is 0.0994 e. The molecule has 1 aliphatic rings. The zero-order valence-electron chi connectivity index (χ0n) is 12.5. The number of rotatable bonds is 4. The third kappa shape index (κ3) is 3.15. The second-order valence-corrected chi connectivity index (χ2v) is 5.13. The molecule has 0 heterocycles. The van der Waals surface area contributed by atoms with Crippen LogP contribution in [0.4, 0.5) is 0 Å². The maximum absolute atomic E-state index is 5.31. The maximum atomic E-state index is 5.31. The van der Waals surface area contributed by atoms with Gasteiger partial charge >= 0.3 is 0 Å². The van der Waals surface area contributed by atoms with Gasteiger partial charge in [-0.2, -0.15) is 0 Å². The van der Waals surface area contributed by atoms with Gasteiger partial charge in [0.15, 0.2) is 0 Å². The van der Waals surface area contributed by atoms with Gasteiger partial charge in [-0.05, 0) is 45.3 Å². The number of nitrogens with zero attached hydrogens (tertiary/aromatic N) is 1. The molecule has 19 heavy (non-hydrogen) atoms. The van der Waals surface area contributed by atoms with Gasteiger partial charge in [0.2, 0.25) is 0 Å². The zero-order valence-corrected chi connectivity index (χ0v) is 12.5. The largest absolute Gasteiger partial charge is 0.281 e. The van der Waals surface area contributed by atoms with Crippen LogP contribution in [-0.2, 0) is 0 Å². The van der Waals surface area contributed by atoms with Gasteiger partial charge in [0.1, 0.15) is 0 Å². The highest BCUT2D eigenvalue weighted by atomic mass is 14.7. The monoisotopic (exact) mass is 253 g/mol. The van der Waals surface area contributed by atoms with Gasteiger partial charge in [0.25, 0.3) is 0 Å². The van der Waals surface area contributed by atoms with Crippen LogP contribution in [0.1, 0.15) is 34.1 Å². The molecule has 0 saturated heterocycles. The lowest BCUT2D eigenvalue weighted by molar-refractivity contribution is 0.562. The van der Waals surface area contributed by atoms with E-state index in [4.69, 9.17) is 6.42 Å². The SMILES string of the molecule is C#CC/N=C(\C)C1(C)CC=CC=C1/C(=C\C)C(=C)C. The van der Waals surface area contributed by atoms with E-state index in [1.807, 2.05) is 6.92 Å². The van der Waals surface area contributed by atoms with E-state index in [0.29, 0.717) is 6.54 Å². The van der Waals surface area contributed by atoms with E-state index < -0.39 is 0 Å². The Labute approximate surface area is 117 Å². The number of hydrogen-bond acceptors (Lipinski definition) is 1. The van der Waals surface area contributed by atoms with E-state index in [1.54, 1.807) is 0 Å². The summed E-state index contributed by atoms with van der Waals surface area (Å²) in [5, 5.41) is 0. The molecule has 0 bridgehead atoms. The second kappa shape index (κ2) is 6.38. The molecular weight excluding hydrogens is 230 g/mol. The minimum Gasteiger partial charge on any atom is -0.281 e. The standard InChI is InChI=1S/C18H23N/c1-7-13-19-15(5)18(6)12-10-9-11-17(18)16(8-2)14(3)4/h1,8-11H,3,12-13H2,2,4-6H3/b16-8-,19-15+. The number of hydrogen-bond donors (Lipinski definition) is 0. The molecule has 0 radical (unpaired) electrons. The Morgan fingerprint density at radius 1 is 1.58 bits per heavy atom. The molecule has 1 heteroatoms. The average molecular weight is 253 g/mol. The second-order valence-electron chi connectivity index (χ2n) is 5.13. The molecule has 1 rings (SSSR count). The molecule has 0 aromatic carbocycles. The van der Waals surface area contributed by atoms with Crippen molar-refractivity contribution in [2.45, 2.75) is 34.1 Å². The first-order valence-corrected chi connectivity index (χ1v) is 6.62. The molecule has 0 fully saturated rings. The molecule has 1 nitrogen and oxygen atoms in total. The van der Waals surface area contributed by atoms with Crippen LogP contribution in [-0.4, -0.2) is 12.3 Å². The van der Waals surface area contributed by atoms with Crippen LogP contribution in [0.2, 0.25) is 0 Å². The highest BCUT2D eigenvalue weighted by Gasteiger charge is 2.34. The Balaban J connectivity index is 3.27. The Morgan fingerprint density at radius 2 is 2.26 bits per heavy atom. The van der Waals surface area contributed by atoms with Crippen molar-refractivity contribution < 1.29 is 0 Å². The first-order chi connectivity index (χ1) is 8.97. The highest BCUT2D eigenvalue weighted by Crippen LogP contribution is 2.41. The summed E-state index contributed by atoms with van der Waals surface area (Å²) in [6, 6.07) is 0. The van der Waals surface area contributed by atoms with Crippen molar-refractivity contribution in [2.75, 3.05) is 6.54 Å². The van der Waals surface area contributed by atoms with E-state index in [0.717, 1.165) is 17.7 Å². The lowest BCUT2D eigenvalue weighted by atomic mass is 9.69. The van der Waals surface area contributed by atoms with Crippen molar-refractivity contribution in [3.05, 3.63) is 47.6 Å². The predicted octanol–water partition coefficient (Wildman–Crippen LogP) is 4.50. The van der Waals surface area contributed by atoms with Crippen molar-refractivity contribution in [1.82, 2.24) is 0 Å². The van der Waals surface area contributed by atoms with Crippen molar-refractivity contribution in [1.29, 1.82) is 0 Å². The van der Waals surface area contributed by atoms with Gasteiger partial charge in [0.05, 0.1) is 6.54 Å². The quantitative estimate of drug-likeness (QED) is 0.397. The van der Waals surface area contributed by atoms with Crippen LogP contribution in [0.3, 0.4) is 0 Å². The van der Waals surface area contributed by atoms with Crippen LogP contribution >= 0.6 is 0 Å². The van der Waals surface area contributed by atoms with Crippen LogP contribution in [0.15, 0.2) is 52.6 Å². The van der Waals surface area contributed by atoms with Gasteiger partial charge in [-0.15, -0.1) is 6.42 Å². The topological polar surface area (TPSA) is 12.4 Å². The van der Waals surface area contributed by atoms with Crippen molar-refractivity contribution in [2.24, 2.45) is 10.4 Å². The van der Waals surface area contributed by atoms with E-state index in [9.17, 15) is 0 Å². The fourth-order valence-corrected chi connectivity index (χ4v) is 2.46. The average Bonchev–Trinajstić information content (AvgIpc) is 2.38. The summed E-state index contributed by atoms with van der Waals surface area (Å²) in [4.78, 5) is 4.51. The lowest BCUT2D eigenvalue weighted by Gasteiger charge is -2.35. The summed E-state index contributed by atoms with van der Waals surface area (Å²) in [5.41, 5.74) is 4.57. The predicted molar refractivity (Wildman–Crippen MR) is 85.3 cm³/mol. The fraction of sp³-hybridized carbons (Fsp3) is 0.389. The van der Waals surface area contributed by atoms with Gasteiger partial charge in [-0.3, -0.25) is 4.99 Å². The van der Waals surface area contributed by atoms with Crippen LogP contribution in [0.5, 0.6) is 0 Å². The molecule has 0 aromatic heterocycles. The Morgan fingerprint density at radius 3 is 2.79 bits per heavy atom. The van der Waals surface area contributed by atoms with E-state index in [1.165, 1.54) is 11.1 Å². The van der Waals surface area contributed by atoms with Crippen LogP contribution < -0.4 is 0 Å². The first kappa shape index (κ1) is 15.2. The van der Waals surface area contributed by atoms with Crippen molar-refractivity contribution in [3.8, 4) is 12.3 Å². The van der Waals surface area contributed by atoms with Crippen LogP contribution in [0, 0.1) is 17.8 Å². The Hall–Kier alpha value is -1.81. The molecule has 100 valence electrons. The minimum absolute atomic E-state index is 0.0909. The molecule has 0 aromatic rings. The minimum atomic E-state index is -0.0909. The van der Waals surface area contributed by atoms with Crippen molar-refractivity contribution >= 4 is 5.71 Å². The molecule has 1 aliphatic carbocycles. The summed E-state index contributed by atoms with van der Waals surface area (Å²) in [7, 11) is 0. The van der Waals surface area contributed by atoms with Gasteiger partial charge in [-0.25, -0.2) is 0 Å². The first-order valence-electron chi connectivity index (χ1n) is 6.62. The van der Waals surface area contributed by atoms with E-state index in [-0.39, 0.29) is 5.41 Å². The molecule has 0 aliphatic heterocycles. The van der Waals surface area contributed by atoms with Gasteiger partial charge < -0.3 is 0 Å². The van der Waals surface area contributed by atoms with Gasteiger partial charge in [-0.1, -0.05) is 42.4 Å². The summed E-state index contributed by atoms with van der Waals surface area (Å²) < 4.78 is 0. The zero-order chi connectivity index (χ0) is 14.5. The molecular formula is C18H23N. The third-order valence-electron chi connectivity index (χ3n) is 3.76. The molecule has 0 amide bonds. The molecule has 0 N–H and O–H groups in total. The van der Waals surface area contributed by atoms with Crippen molar-refractivity contribution in [3.63, 3.8) is 0 Å². The molecule has 0 spiro atoms. The number of allylic oxidation sites excluding steroid dienone is 7. The highest BCUT2D eigenvalue weighted by molar-refractivity contribution is 5.92. The lowest BCUT2D eigenvalue weighted by Crippen LogP contribution is -2.30.